The zero-order chi connectivity index (χ0) is 15.8. The van der Waals surface area contributed by atoms with Gasteiger partial charge in [0.15, 0.2) is 9.84 Å². The Hall–Kier alpha value is -1.26. The summed E-state index contributed by atoms with van der Waals surface area (Å²) in [7, 11) is -3.46. The maximum absolute atomic E-state index is 11.9. The Labute approximate surface area is 130 Å². The summed E-state index contributed by atoms with van der Waals surface area (Å²) in [5.74, 6) is 0. The van der Waals surface area contributed by atoms with Crippen molar-refractivity contribution in [1.29, 1.82) is 5.26 Å². The minimum absolute atomic E-state index is 0.0728. The quantitative estimate of drug-likeness (QED) is 0.889. The number of thiophene rings is 1. The first kappa shape index (κ1) is 16.1. The molecule has 0 aromatic carbocycles. The largest absolute Gasteiger partial charge is 0.396 e. The third kappa shape index (κ3) is 3.50. The van der Waals surface area contributed by atoms with Gasteiger partial charge in [0.1, 0.15) is 20.8 Å². The second-order valence-corrected chi connectivity index (χ2v) is 9.44. The van der Waals surface area contributed by atoms with Gasteiger partial charge in [-0.3, -0.25) is 0 Å². The topological polar surface area (TPSA) is 96.0 Å². The second kappa shape index (κ2) is 5.50. The van der Waals surface area contributed by atoms with Gasteiger partial charge in [0.05, 0.1) is 5.69 Å². The molecule has 0 unspecified atom stereocenters. The minimum Gasteiger partial charge on any atom is -0.396 e. The van der Waals surface area contributed by atoms with E-state index in [0.29, 0.717) is 10.4 Å². The van der Waals surface area contributed by atoms with Crippen molar-refractivity contribution >= 4 is 31.9 Å². The molecule has 1 aromatic heterocycles. The van der Waals surface area contributed by atoms with Gasteiger partial charge in [0.2, 0.25) is 0 Å². The highest BCUT2D eigenvalue weighted by Crippen LogP contribution is 2.41. The first-order chi connectivity index (χ1) is 9.64. The first-order valence-electron chi connectivity index (χ1n) is 6.93. The molecule has 116 valence electrons. The number of rotatable bonds is 3. The van der Waals surface area contributed by atoms with E-state index in [0.717, 1.165) is 43.3 Å². The SMILES string of the molecule is CC1(C)CCC(Nc2sc(C#N)c(N)c2S(C)(=O)=O)CC1. The van der Waals surface area contributed by atoms with Crippen LogP contribution in [-0.2, 0) is 9.84 Å². The standard InChI is InChI=1S/C14H21N3O2S2/c1-14(2)6-4-9(5-7-14)17-13-12(21(3,18)19)11(16)10(8-15)20-13/h9,17H,4-7,16H2,1-3H3. The van der Waals surface area contributed by atoms with Crippen LogP contribution in [0.15, 0.2) is 4.90 Å². The molecule has 0 bridgehead atoms. The van der Waals surface area contributed by atoms with Crippen molar-refractivity contribution in [3.63, 3.8) is 0 Å². The number of nitriles is 1. The zero-order valence-corrected chi connectivity index (χ0v) is 14.2. The van der Waals surface area contributed by atoms with Crippen molar-refractivity contribution in [2.45, 2.75) is 50.5 Å². The molecule has 0 atom stereocenters. The van der Waals surface area contributed by atoms with Gasteiger partial charge in [0, 0.05) is 12.3 Å². The molecule has 2 rings (SSSR count). The Morgan fingerprint density at radius 1 is 1.38 bits per heavy atom. The molecule has 0 aliphatic heterocycles. The Morgan fingerprint density at radius 3 is 2.43 bits per heavy atom. The predicted molar refractivity (Wildman–Crippen MR) is 86.2 cm³/mol. The highest BCUT2D eigenvalue weighted by molar-refractivity contribution is 7.91. The molecule has 1 fully saturated rings. The summed E-state index contributed by atoms with van der Waals surface area (Å²) in [5, 5.41) is 12.9. The number of hydrogen-bond donors (Lipinski definition) is 2. The van der Waals surface area contributed by atoms with Crippen LogP contribution < -0.4 is 11.1 Å². The maximum atomic E-state index is 11.9. The lowest BCUT2D eigenvalue weighted by Crippen LogP contribution is -2.30. The normalized spacial score (nSPS) is 19.1. The van der Waals surface area contributed by atoms with Gasteiger partial charge >= 0.3 is 0 Å². The fourth-order valence-electron chi connectivity index (χ4n) is 2.70. The number of nitrogens with one attached hydrogen (secondary N) is 1. The summed E-state index contributed by atoms with van der Waals surface area (Å²) in [6, 6.07) is 2.21. The molecular weight excluding hydrogens is 306 g/mol. The third-order valence-corrected chi connectivity index (χ3v) is 6.38. The van der Waals surface area contributed by atoms with Crippen LogP contribution in [0.4, 0.5) is 10.7 Å². The molecule has 0 saturated heterocycles. The second-order valence-electron chi connectivity index (χ2n) is 6.47. The highest BCUT2D eigenvalue weighted by Gasteiger charge is 2.30. The smallest absolute Gasteiger partial charge is 0.180 e. The van der Waals surface area contributed by atoms with Gasteiger partial charge in [-0.05, 0) is 31.1 Å². The summed E-state index contributed by atoms with van der Waals surface area (Å²) in [6.07, 6.45) is 5.32. The number of hydrogen-bond acceptors (Lipinski definition) is 6. The van der Waals surface area contributed by atoms with E-state index in [1.54, 1.807) is 0 Å². The Balaban J connectivity index is 2.27. The molecule has 1 saturated carbocycles. The van der Waals surface area contributed by atoms with E-state index in [9.17, 15) is 8.42 Å². The molecule has 1 aromatic rings. The fraction of sp³-hybridized carbons (Fsp3) is 0.643. The van der Waals surface area contributed by atoms with Crippen molar-refractivity contribution in [3.05, 3.63) is 4.88 Å². The maximum Gasteiger partial charge on any atom is 0.180 e. The van der Waals surface area contributed by atoms with Crippen LogP contribution in [0.2, 0.25) is 0 Å². The van der Waals surface area contributed by atoms with Crippen molar-refractivity contribution in [3.8, 4) is 6.07 Å². The fourth-order valence-corrected chi connectivity index (χ4v) is 5.13. The summed E-state index contributed by atoms with van der Waals surface area (Å²) < 4.78 is 23.9. The lowest BCUT2D eigenvalue weighted by atomic mass is 9.76. The van der Waals surface area contributed by atoms with Crippen LogP contribution in [-0.4, -0.2) is 20.7 Å². The number of anilines is 2. The van der Waals surface area contributed by atoms with Gasteiger partial charge < -0.3 is 11.1 Å². The number of nitrogens with zero attached hydrogens (tertiary/aromatic N) is 1. The molecule has 1 aliphatic rings. The predicted octanol–water partition coefficient (Wildman–Crippen LogP) is 2.99. The Kier molecular flexibility index (Phi) is 4.22. The van der Waals surface area contributed by atoms with Gasteiger partial charge in [-0.25, -0.2) is 8.42 Å². The third-order valence-electron chi connectivity index (χ3n) is 4.05. The molecule has 0 spiro atoms. The number of sulfone groups is 1. The Bertz CT molecular complexity index is 674. The summed E-state index contributed by atoms with van der Waals surface area (Å²) in [4.78, 5) is 0.336. The van der Waals surface area contributed by atoms with Crippen LogP contribution >= 0.6 is 11.3 Å². The zero-order valence-electron chi connectivity index (χ0n) is 12.6. The van der Waals surface area contributed by atoms with E-state index < -0.39 is 9.84 Å². The lowest BCUT2D eigenvalue weighted by molar-refractivity contribution is 0.232. The highest BCUT2D eigenvalue weighted by atomic mass is 32.2. The van der Waals surface area contributed by atoms with E-state index in [1.165, 1.54) is 0 Å². The molecule has 1 heterocycles. The average molecular weight is 327 g/mol. The average Bonchev–Trinajstić information content (AvgIpc) is 2.68. The molecule has 1 aliphatic carbocycles. The monoisotopic (exact) mass is 327 g/mol. The van der Waals surface area contributed by atoms with Crippen LogP contribution in [0.1, 0.15) is 44.4 Å². The molecule has 3 N–H and O–H groups in total. The lowest BCUT2D eigenvalue weighted by Gasteiger charge is -2.34. The molecule has 5 nitrogen and oxygen atoms in total. The van der Waals surface area contributed by atoms with E-state index in [2.05, 4.69) is 19.2 Å². The van der Waals surface area contributed by atoms with E-state index in [1.807, 2.05) is 6.07 Å². The molecule has 21 heavy (non-hydrogen) atoms. The van der Waals surface area contributed by atoms with E-state index in [-0.39, 0.29) is 21.5 Å². The van der Waals surface area contributed by atoms with Crippen LogP contribution in [0.5, 0.6) is 0 Å². The van der Waals surface area contributed by atoms with Crippen molar-refractivity contribution in [2.24, 2.45) is 5.41 Å². The van der Waals surface area contributed by atoms with E-state index in [4.69, 9.17) is 11.0 Å². The van der Waals surface area contributed by atoms with Crippen LogP contribution in [0.25, 0.3) is 0 Å². The molecule has 7 heteroatoms. The van der Waals surface area contributed by atoms with Crippen LogP contribution in [0.3, 0.4) is 0 Å². The van der Waals surface area contributed by atoms with Crippen molar-refractivity contribution in [2.75, 3.05) is 17.3 Å². The van der Waals surface area contributed by atoms with Gasteiger partial charge in [0.25, 0.3) is 0 Å². The number of nitrogens with two attached hydrogens (primary N) is 1. The number of nitrogen functional groups attached to an aromatic ring is 1. The van der Waals surface area contributed by atoms with Crippen molar-refractivity contribution < 1.29 is 8.42 Å². The Morgan fingerprint density at radius 2 is 1.95 bits per heavy atom. The summed E-state index contributed by atoms with van der Waals surface area (Å²) in [6.45, 7) is 4.50. The first-order valence-corrected chi connectivity index (χ1v) is 9.64. The molecular formula is C14H21N3O2S2. The van der Waals surface area contributed by atoms with Crippen molar-refractivity contribution in [1.82, 2.24) is 0 Å². The molecule has 0 radical (unpaired) electrons. The molecule has 0 amide bonds. The van der Waals surface area contributed by atoms with Gasteiger partial charge in [-0.15, -0.1) is 11.3 Å². The summed E-state index contributed by atoms with van der Waals surface area (Å²) >= 11 is 1.13. The van der Waals surface area contributed by atoms with Gasteiger partial charge in [-0.1, -0.05) is 13.8 Å². The minimum atomic E-state index is -3.46. The van der Waals surface area contributed by atoms with Crippen LogP contribution in [0, 0.1) is 16.7 Å². The van der Waals surface area contributed by atoms with Gasteiger partial charge in [-0.2, -0.15) is 5.26 Å². The van der Waals surface area contributed by atoms with E-state index >= 15 is 0 Å². The summed E-state index contributed by atoms with van der Waals surface area (Å²) in [5.41, 5.74) is 6.24.